The van der Waals surface area contributed by atoms with Crippen molar-refractivity contribution in [2.45, 2.75) is 172 Å². The zero-order valence-corrected chi connectivity index (χ0v) is 46.9. The second-order valence-electron chi connectivity index (χ2n) is 20.8. The van der Waals surface area contributed by atoms with Crippen LogP contribution in [0.2, 0.25) is 5.02 Å². The molecule has 3 aromatic rings. The lowest BCUT2D eigenvalue weighted by Crippen LogP contribution is -2.60. The summed E-state index contributed by atoms with van der Waals surface area (Å²) in [5.74, 6) is -1.05. The second-order valence-corrected chi connectivity index (χ2v) is 24.3. The first-order valence-electron chi connectivity index (χ1n) is 25.5. The summed E-state index contributed by atoms with van der Waals surface area (Å²) in [7, 11) is 3.17. The molecular weight excluding hydrogens is 988 g/mol. The number of carbonyl (C=O) groups is 5. The van der Waals surface area contributed by atoms with E-state index in [1.807, 2.05) is 87.6 Å². The van der Waals surface area contributed by atoms with Gasteiger partial charge in [0, 0.05) is 62.4 Å². The number of aromatic nitrogens is 2. The molecule has 2 fully saturated rings. The molecule has 0 radical (unpaired) electrons. The summed E-state index contributed by atoms with van der Waals surface area (Å²) in [6.45, 7) is 19.9. The molecular formula is C55H75ClN6O9S2. The van der Waals surface area contributed by atoms with Gasteiger partial charge in [-0.3, -0.25) is 19.7 Å². The van der Waals surface area contributed by atoms with Gasteiger partial charge in [0.1, 0.15) is 29.6 Å². The van der Waals surface area contributed by atoms with Crippen LogP contribution in [0.3, 0.4) is 0 Å². The van der Waals surface area contributed by atoms with Crippen LogP contribution in [0, 0.1) is 18.8 Å². The van der Waals surface area contributed by atoms with E-state index in [1.165, 1.54) is 9.80 Å². The van der Waals surface area contributed by atoms with Crippen molar-refractivity contribution >= 4 is 81.6 Å². The van der Waals surface area contributed by atoms with Crippen molar-refractivity contribution < 1.29 is 43.3 Å². The number of hydrogen-bond acceptors (Lipinski definition) is 13. The zero-order chi connectivity index (χ0) is 53.5. The summed E-state index contributed by atoms with van der Waals surface area (Å²) < 4.78 is 18.3. The topological polar surface area (TPSA) is 193 Å². The average Bonchev–Trinajstić information content (AvgIpc) is 4.04. The number of aryl methyl sites for hydroxylation is 1. The molecule has 1 unspecified atom stereocenters. The summed E-state index contributed by atoms with van der Waals surface area (Å²) in [5, 5.41) is 18.7. The largest absolute Gasteiger partial charge is 0.457 e. The Morgan fingerprint density at radius 3 is 2.34 bits per heavy atom. The van der Waals surface area contributed by atoms with Crippen LogP contribution >= 0.6 is 35.1 Å². The molecule has 398 valence electrons. The maximum absolute atomic E-state index is 14.3. The monoisotopic (exact) mass is 1060 g/mol. The summed E-state index contributed by atoms with van der Waals surface area (Å²) >= 11 is 10.5. The third-order valence-corrected chi connectivity index (χ3v) is 16.9. The summed E-state index contributed by atoms with van der Waals surface area (Å²) in [6.07, 6.45) is 4.63. The average molecular weight is 1060 g/mol. The van der Waals surface area contributed by atoms with Crippen molar-refractivity contribution in [2.24, 2.45) is 11.8 Å². The van der Waals surface area contributed by atoms with Gasteiger partial charge in [0.15, 0.2) is 0 Å². The molecule has 4 amide bonds. The number of carbonyl (C=O) groups excluding carboxylic acids is 5. The number of nitrogens with one attached hydrogen (secondary N) is 2. The van der Waals surface area contributed by atoms with Crippen LogP contribution in [-0.2, 0) is 46.5 Å². The Morgan fingerprint density at radius 1 is 1.00 bits per heavy atom. The number of ether oxygens (including phenoxy) is 3. The number of halogens is 1. The quantitative estimate of drug-likeness (QED) is 0.0698. The van der Waals surface area contributed by atoms with E-state index in [2.05, 4.69) is 38.3 Å². The van der Waals surface area contributed by atoms with Gasteiger partial charge >= 0.3 is 12.1 Å². The van der Waals surface area contributed by atoms with Gasteiger partial charge in [-0.05, 0) is 92.8 Å². The summed E-state index contributed by atoms with van der Waals surface area (Å²) in [5.41, 5.74) is 4.27. The maximum atomic E-state index is 14.3. The second kappa shape index (κ2) is 24.8. The van der Waals surface area contributed by atoms with Crippen molar-refractivity contribution in [3.8, 4) is 0 Å². The van der Waals surface area contributed by atoms with E-state index in [4.69, 9.17) is 35.8 Å². The number of fused-ring (bicyclic) bond motifs is 6. The van der Waals surface area contributed by atoms with Gasteiger partial charge in [-0.25, -0.2) is 19.6 Å². The van der Waals surface area contributed by atoms with Crippen LogP contribution in [0.15, 0.2) is 54.1 Å². The van der Waals surface area contributed by atoms with Gasteiger partial charge in [-0.1, -0.05) is 89.4 Å². The van der Waals surface area contributed by atoms with Crippen molar-refractivity contribution in [2.75, 3.05) is 25.5 Å². The van der Waals surface area contributed by atoms with Gasteiger partial charge in [-0.2, -0.15) is 23.5 Å². The van der Waals surface area contributed by atoms with E-state index in [0.717, 1.165) is 45.1 Å². The highest BCUT2D eigenvalue weighted by atomic mass is 35.5. The smallest absolute Gasteiger partial charge is 0.409 e. The first-order chi connectivity index (χ1) is 34.4. The molecule has 2 aromatic carbocycles. The highest BCUT2D eigenvalue weighted by Crippen LogP contribution is 2.49. The van der Waals surface area contributed by atoms with Gasteiger partial charge in [0.25, 0.3) is 5.91 Å². The maximum Gasteiger partial charge on any atom is 0.409 e. The number of likely N-dealkylation sites (N-methyl/N-ethyl adjacent to an activating group) is 1. The number of rotatable bonds is 16. The Bertz CT molecular complexity index is 2590. The number of hydrogen-bond donors (Lipinski definition) is 3. The molecule has 18 heteroatoms. The standard InChI is InChI=1S/C55H75ClN6O9S2/c1-31(2)72-29-42-43(30-73-32(3)4)59-41-26-39(20-21-40(41)58-42)51(65)57-22-15-13-14-19-47(63)61(11)37(9)52(66)70-46-27-48(64)62(12)44-25-38(24-34(6)49(44)56)23-33(5)17-16-18-35(7)55(68)28-45(69-53(67)60-55)36(8)50-54(46,10)71-50/h16-18,20-21,24-26,31-32,35-37,45-46,50,68H,13-15,19,22-23,27-30H2,1-12H3,(H,57,65)(H,60,67)/b18-16+,33-17+/t35-,36-,37-,45+,46+,50?,54+,55+/m1/s1. The highest BCUT2D eigenvalue weighted by molar-refractivity contribution is 7.99. The van der Waals surface area contributed by atoms with E-state index in [1.54, 1.807) is 40.1 Å². The summed E-state index contributed by atoms with van der Waals surface area (Å²) in [6, 6.07) is 8.25. The molecule has 1 aromatic heterocycles. The van der Waals surface area contributed by atoms with E-state index in [9.17, 15) is 29.1 Å². The molecule has 3 aliphatic heterocycles. The third-order valence-electron chi connectivity index (χ3n) is 14.2. The van der Waals surface area contributed by atoms with Crippen LogP contribution in [0.25, 0.3) is 11.0 Å². The van der Waals surface area contributed by atoms with Crippen molar-refractivity contribution in [3.63, 3.8) is 0 Å². The Labute approximate surface area is 444 Å². The number of amides is 4. The number of allylic oxidation sites excluding steroid dienone is 3. The molecule has 15 nitrogen and oxygen atoms in total. The number of unbranched alkanes of at least 4 members (excludes halogenated alkanes) is 2. The molecule has 6 rings (SSSR count). The number of anilines is 1. The van der Waals surface area contributed by atoms with E-state index in [-0.39, 0.29) is 37.0 Å². The zero-order valence-electron chi connectivity index (χ0n) is 44.5. The van der Waals surface area contributed by atoms with Crippen LogP contribution in [0.1, 0.15) is 134 Å². The van der Waals surface area contributed by atoms with Gasteiger partial charge in [0.05, 0.1) is 45.7 Å². The number of aliphatic hydroxyl groups is 1. The van der Waals surface area contributed by atoms with E-state index >= 15 is 0 Å². The van der Waals surface area contributed by atoms with Gasteiger partial charge in [0.2, 0.25) is 11.8 Å². The predicted molar refractivity (Wildman–Crippen MR) is 291 cm³/mol. The molecule has 0 saturated carbocycles. The lowest BCUT2D eigenvalue weighted by atomic mass is 9.82. The molecule has 4 bridgehead atoms. The molecule has 8 atom stereocenters. The van der Waals surface area contributed by atoms with Crippen LogP contribution in [-0.4, -0.2) is 117 Å². The minimum atomic E-state index is -1.63. The Balaban J connectivity index is 1.08. The normalized spacial score (nSPS) is 26.1. The van der Waals surface area contributed by atoms with Crippen molar-refractivity contribution in [1.82, 2.24) is 25.5 Å². The number of epoxide rings is 1. The van der Waals surface area contributed by atoms with Crippen LogP contribution < -0.4 is 15.5 Å². The van der Waals surface area contributed by atoms with Crippen LogP contribution in [0.5, 0.6) is 0 Å². The third kappa shape index (κ3) is 14.6. The predicted octanol–water partition coefficient (Wildman–Crippen LogP) is 9.65. The lowest BCUT2D eigenvalue weighted by molar-refractivity contribution is -0.162. The Hall–Kier alpha value is -4.68. The van der Waals surface area contributed by atoms with E-state index in [0.29, 0.717) is 64.5 Å². The minimum Gasteiger partial charge on any atom is -0.457 e. The fourth-order valence-electron chi connectivity index (χ4n) is 9.21. The molecule has 0 spiro atoms. The van der Waals surface area contributed by atoms with Crippen LogP contribution in [0.4, 0.5) is 10.5 Å². The number of thioether (sulfide) groups is 2. The first-order valence-corrected chi connectivity index (χ1v) is 27.9. The SMILES string of the molecule is C/C1=C\C=C\[C@@H](C)[C@@]2(O)C[C@H](OC(=O)N2)[C@@H](C)C2O[C@@]2(C)[C@@H](OC(=O)[C@@H](C)N(C)C(=O)CCCCCNC(=O)c2ccc3nc(CSC(C)C)c(CSC(C)C)nc3c2)CC(=O)N(C)c2cc(cc(C)c2Cl)C1. The van der Waals surface area contributed by atoms with E-state index < -0.39 is 59.6 Å². The molecule has 3 aliphatic rings. The first kappa shape index (κ1) is 57.6. The molecule has 4 heterocycles. The van der Waals surface area contributed by atoms with Crippen molar-refractivity contribution in [3.05, 3.63) is 87.2 Å². The van der Waals surface area contributed by atoms with Gasteiger partial charge < -0.3 is 34.4 Å². The van der Waals surface area contributed by atoms with Crippen molar-refractivity contribution in [1.29, 1.82) is 0 Å². The number of benzene rings is 2. The minimum absolute atomic E-state index is 0.0533. The molecule has 0 aliphatic carbocycles. The Kier molecular flexibility index (Phi) is 19.5. The Morgan fingerprint density at radius 2 is 1.67 bits per heavy atom. The number of esters is 1. The molecule has 2 saturated heterocycles. The fourth-order valence-corrected chi connectivity index (χ4v) is 10.9. The lowest BCUT2D eigenvalue weighted by Gasteiger charge is -2.41. The number of alkyl carbamates (subject to hydrolysis) is 1. The summed E-state index contributed by atoms with van der Waals surface area (Å²) in [4.78, 5) is 80.8. The molecule has 73 heavy (non-hydrogen) atoms. The highest BCUT2D eigenvalue weighted by Gasteiger charge is 2.64. The van der Waals surface area contributed by atoms with Gasteiger partial charge in [-0.15, -0.1) is 0 Å². The fraction of sp³-hybridized carbons (Fsp3) is 0.582. The molecule has 3 N–H and O–H groups in total. The number of nitrogens with zero attached hydrogens (tertiary/aromatic N) is 4.